The quantitative estimate of drug-likeness (QED) is 0.683. The molecule has 0 aromatic heterocycles. The molecule has 1 unspecified atom stereocenters. The van der Waals surface area contributed by atoms with Crippen molar-refractivity contribution in [2.45, 2.75) is 24.3 Å². The van der Waals surface area contributed by atoms with Crippen LogP contribution in [0.1, 0.15) is 18.9 Å². The number of nitrogens with zero attached hydrogens (tertiary/aromatic N) is 1. The van der Waals surface area contributed by atoms with Gasteiger partial charge in [0.05, 0.1) is 12.7 Å². The van der Waals surface area contributed by atoms with Crippen molar-refractivity contribution in [3.8, 4) is 0 Å². The lowest BCUT2D eigenvalue weighted by Crippen LogP contribution is -2.43. The second kappa shape index (κ2) is 6.59. The average Bonchev–Trinajstić information content (AvgIpc) is 2.46. The number of hydrogen-bond donors (Lipinski definition) is 1. The van der Waals surface area contributed by atoms with Crippen molar-refractivity contribution in [3.05, 3.63) is 23.8 Å². The Balaban J connectivity index is 2.35. The number of nitrogens with two attached hydrogens (primary N) is 1. The van der Waals surface area contributed by atoms with Crippen LogP contribution in [0.25, 0.3) is 0 Å². The molecule has 0 amide bonds. The van der Waals surface area contributed by atoms with Gasteiger partial charge in [-0.15, -0.1) is 11.8 Å². The van der Waals surface area contributed by atoms with Crippen LogP contribution in [0, 0.1) is 0 Å². The number of ether oxygens (including phenoxy) is 1. The van der Waals surface area contributed by atoms with Crippen molar-refractivity contribution in [1.82, 2.24) is 0 Å². The van der Waals surface area contributed by atoms with Crippen LogP contribution in [-0.4, -0.2) is 37.0 Å². The zero-order valence-electron chi connectivity index (χ0n) is 11.4. The van der Waals surface area contributed by atoms with Gasteiger partial charge in [-0.2, -0.15) is 0 Å². The minimum absolute atomic E-state index is 0.297. The third kappa shape index (κ3) is 3.22. The average molecular weight is 296 g/mol. The molecular formula is C14H20N2OS2. The Morgan fingerprint density at radius 1 is 1.58 bits per heavy atom. The summed E-state index contributed by atoms with van der Waals surface area (Å²) in [4.78, 5) is 3.95. The van der Waals surface area contributed by atoms with E-state index >= 15 is 0 Å². The minimum Gasteiger partial charge on any atom is -0.389 e. The monoisotopic (exact) mass is 296 g/mol. The van der Waals surface area contributed by atoms with Crippen LogP contribution >= 0.6 is 24.0 Å². The molecule has 0 aliphatic carbocycles. The number of thiocarbonyl (C=S) groups is 1. The zero-order chi connectivity index (χ0) is 13.8. The summed E-state index contributed by atoms with van der Waals surface area (Å²) in [5.41, 5.74) is 8.07. The van der Waals surface area contributed by atoms with Gasteiger partial charge in [0, 0.05) is 29.2 Å². The summed E-state index contributed by atoms with van der Waals surface area (Å²) in [5, 5.41) is 0. The van der Waals surface area contributed by atoms with E-state index in [0.717, 1.165) is 42.3 Å². The molecule has 5 heteroatoms. The molecule has 2 rings (SSSR count). The van der Waals surface area contributed by atoms with Crippen molar-refractivity contribution < 1.29 is 4.74 Å². The Labute approximate surface area is 124 Å². The van der Waals surface area contributed by atoms with Crippen molar-refractivity contribution >= 4 is 34.7 Å². The maximum Gasteiger partial charge on any atom is 0.107 e. The van der Waals surface area contributed by atoms with Gasteiger partial charge >= 0.3 is 0 Å². The molecule has 2 N–H and O–H groups in total. The molecule has 1 heterocycles. The van der Waals surface area contributed by atoms with Crippen molar-refractivity contribution in [3.63, 3.8) is 0 Å². The minimum atomic E-state index is 0.297. The largest absolute Gasteiger partial charge is 0.389 e. The molecule has 1 fully saturated rings. The Bertz CT molecular complexity index is 465. The number of hydrogen-bond acceptors (Lipinski definition) is 4. The molecular weight excluding hydrogens is 276 g/mol. The lowest BCUT2D eigenvalue weighted by Gasteiger charge is -2.35. The molecule has 19 heavy (non-hydrogen) atoms. The topological polar surface area (TPSA) is 38.5 Å². The second-order valence-electron chi connectivity index (χ2n) is 4.57. The lowest BCUT2D eigenvalue weighted by molar-refractivity contribution is 0.0384. The van der Waals surface area contributed by atoms with Crippen molar-refractivity contribution in [1.29, 1.82) is 0 Å². The molecule has 1 saturated heterocycles. The van der Waals surface area contributed by atoms with E-state index in [4.69, 9.17) is 22.7 Å². The first-order valence-electron chi connectivity index (χ1n) is 6.50. The number of morpholine rings is 1. The first-order chi connectivity index (χ1) is 9.17. The number of rotatable bonds is 4. The zero-order valence-corrected chi connectivity index (χ0v) is 13.0. The highest BCUT2D eigenvalue weighted by Gasteiger charge is 2.22. The highest BCUT2D eigenvalue weighted by atomic mass is 32.2. The van der Waals surface area contributed by atoms with E-state index in [0.29, 0.717) is 11.1 Å². The summed E-state index contributed by atoms with van der Waals surface area (Å²) in [7, 11) is 0. The molecule has 0 saturated carbocycles. The van der Waals surface area contributed by atoms with E-state index in [9.17, 15) is 0 Å². The van der Waals surface area contributed by atoms with Gasteiger partial charge in [-0.25, -0.2) is 0 Å². The van der Waals surface area contributed by atoms with Gasteiger partial charge in [0.2, 0.25) is 0 Å². The maximum absolute atomic E-state index is 5.92. The van der Waals surface area contributed by atoms with Crippen molar-refractivity contribution in [2.24, 2.45) is 5.73 Å². The first-order valence-corrected chi connectivity index (χ1v) is 8.14. The Kier molecular flexibility index (Phi) is 5.07. The number of thioether (sulfide) groups is 1. The second-order valence-corrected chi connectivity index (χ2v) is 5.85. The molecule has 3 nitrogen and oxygen atoms in total. The summed E-state index contributed by atoms with van der Waals surface area (Å²) in [6.45, 7) is 4.72. The molecule has 0 spiro atoms. The van der Waals surface area contributed by atoms with Gasteiger partial charge in [0.1, 0.15) is 4.99 Å². The first kappa shape index (κ1) is 14.6. The summed E-state index contributed by atoms with van der Waals surface area (Å²) in [5.74, 6) is 0. The lowest BCUT2D eigenvalue weighted by atomic mass is 10.1. The van der Waals surface area contributed by atoms with E-state index in [1.807, 2.05) is 0 Å². The van der Waals surface area contributed by atoms with Crippen LogP contribution in [0.4, 0.5) is 5.69 Å². The van der Waals surface area contributed by atoms with E-state index in [2.05, 4.69) is 36.3 Å². The van der Waals surface area contributed by atoms with Crippen LogP contribution in [-0.2, 0) is 4.74 Å². The molecule has 104 valence electrons. The third-order valence-corrected chi connectivity index (χ3v) is 4.39. The van der Waals surface area contributed by atoms with Gasteiger partial charge in [0.25, 0.3) is 0 Å². The highest BCUT2D eigenvalue weighted by molar-refractivity contribution is 7.98. The van der Waals surface area contributed by atoms with Crippen LogP contribution in [0.2, 0.25) is 0 Å². The number of benzene rings is 1. The maximum atomic E-state index is 5.92. The summed E-state index contributed by atoms with van der Waals surface area (Å²) < 4.78 is 5.72. The smallest absolute Gasteiger partial charge is 0.107 e. The van der Waals surface area contributed by atoms with Gasteiger partial charge in [-0.1, -0.05) is 25.2 Å². The third-order valence-electron chi connectivity index (χ3n) is 3.41. The van der Waals surface area contributed by atoms with Gasteiger partial charge in [-0.3, -0.25) is 0 Å². The standard InChI is InChI=1S/C14H20N2OS2/c1-3-10-9-16(7-8-17-10)11-5-4-6-12(19-2)13(11)14(15)18/h4-6,10H,3,7-9H2,1-2H3,(H2,15,18). The van der Waals surface area contributed by atoms with Gasteiger partial charge in [-0.05, 0) is 24.8 Å². The molecule has 1 atom stereocenters. The predicted octanol–water partition coefficient (Wildman–Crippen LogP) is 2.66. The van der Waals surface area contributed by atoms with Crippen molar-refractivity contribution in [2.75, 3.05) is 30.9 Å². The molecule has 1 aliphatic heterocycles. The fraction of sp³-hybridized carbons (Fsp3) is 0.500. The van der Waals surface area contributed by atoms with Gasteiger partial charge < -0.3 is 15.4 Å². The Morgan fingerprint density at radius 2 is 2.37 bits per heavy atom. The predicted molar refractivity (Wildman–Crippen MR) is 86.4 cm³/mol. The van der Waals surface area contributed by atoms with E-state index < -0.39 is 0 Å². The SMILES string of the molecule is CCC1CN(c2cccc(SC)c2C(N)=S)CCO1. The molecule has 0 bridgehead atoms. The fourth-order valence-electron chi connectivity index (χ4n) is 2.39. The Morgan fingerprint density at radius 3 is 3.00 bits per heavy atom. The van der Waals surface area contributed by atoms with E-state index in [1.165, 1.54) is 0 Å². The fourth-order valence-corrected chi connectivity index (χ4v) is 3.30. The summed E-state index contributed by atoms with van der Waals surface area (Å²) in [6, 6.07) is 6.24. The van der Waals surface area contributed by atoms with Crippen LogP contribution < -0.4 is 10.6 Å². The molecule has 1 aromatic rings. The van der Waals surface area contributed by atoms with Crippen LogP contribution in [0.15, 0.2) is 23.1 Å². The molecule has 0 radical (unpaired) electrons. The summed E-state index contributed by atoms with van der Waals surface area (Å²) in [6.07, 6.45) is 3.38. The Hall–Kier alpha value is -0.780. The van der Waals surface area contributed by atoms with Gasteiger partial charge in [0.15, 0.2) is 0 Å². The normalized spacial score (nSPS) is 19.5. The molecule has 1 aliphatic rings. The van der Waals surface area contributed by atoms with Crippen LogP contribution in [0.3, 0.4) is 0 Å². The molecule has 1 aromatic carbocycles. The van der Waals surface area contributed by atoms with Crippen LogP contribution in [0.5, 0.6) is 0 Å². The number of anilines is 1. The van der Waals surface area contributed by atoms with E-state index in [1.54, 1.807) is 11.8 Å². The summed E-state index contributed by atoms with van der Waals surface area (Å²) >= 11 is 6.92. The van der Waals surface area contributed by atoms with E-state index in [-0.39, 0.29) is 0 Å². The highest BCUT2D eigenvalue weighted by Crippen LogP contribution is 2.30.